The normalized spacial score (nSPS) is 22.2. The van der Waals surface area contributed by atoms with Crippen LogP contribution in [0.15, 0.2) is 48.5 Å². The molecule has 7 nitrogen and oxygen atoms in total. The summed E-state index contributed by atoms with van der Waals surface area (Å²) in [7, 11) is 0. The van der Waals surface area contributed by atoms with Crippen molar-refractivity contribution < 1.29 is 24.2 Å². The second-order valence-electron chi connectivity index (χ2n) is 9.28. The zero-order valence-electron chi connectivity index (χ0n) is 18.3. The van der Waals surface area contributed by atoms with E-state index in [4.69, 9.17) is 4.74 Å². The maximum absolute atomic E-state index is 12.8. The van der Waals surface area contributed by atoms with Gasteiger partial charge in [0.25, 0.3) is 0 Å². The molecule has 0 aliphatic heterocycles. The monoisotopic (exact) mass is 448 g/mol. The van der Waals surface area contributed by atoms with Crippen LogP contribution in [0.25, 0.3) is 11.1 Å². The first-order chi connectivity index (χ1) is 16.0. The van der Waals surface area contributed by atoms with Crippen LogP contribution in [-0.4, -0.2) is 41.8 Å². The third-order valence-corrected chi connectivity index (χ3v) is 7.16. The number of carboxylic acids is 1. The zero-order valence-corrected chi connectivity index (χ0v) is 18.3. The molecule has 33 heavy (non-hydrogen) atoms. The Bertz CT molecular complexity index is 1030. The van der Waals surface area contributed by atoms with Gasteiger partial charge in [-0.3, -0.25) is 4.79 Å². The van der Waals surface area contributed by atoms with E-state index in [1.807, 2.05) is 24.3 Å². The van der Waals surface area contributed by atoms with Crippen molar-refractivity contribution in [2.24, 2.45) is 11.8 Å². The fourth-order valence-corrected chi connectivity index (χ4v) is 5.31. The highest BCUT2D eigenvalue weighted by atomic mass is 16.5. The van der Waals surface area contributed by atoms with Crippen LogP contribution in [0, 0.1) is 11.8 Å². The molecule has 0 spiro atoms. The van der Waals surface area contributed by atoms with Gasteiger partial charge in [-0.1, -0.05) is 55.0 Å². The SMILES string of the molecule is O=C(N[C@@H]1CCC[C@@H]1C(=O)NC(C(=O)O)C1CC1)OCC1c2ccccc2-c2ccccc21. The molecule has 0 radical (unpaired) electrons. The van der Waals surface area contributed by atoms with E-state index >= 15 is 0 Å². The number of hydrogen-bond donors (Lipinski definition) is 3. The topological polar surface area (TPSA) is 105 Å². The van der Waals surface area contributed by atoms with Crippen LogP contribution in [0.4, 0.5) is 4.79 Å². The van der Waals surface area contributed by atoms with Gasteiger partial charge < -0.3 is 20.5 Å². The largest absolute Gasteiger partial charge is 0.480 e. The van der Waals surface area contributed by atoms with Gasteiger partial charge in [0.2, 0.25) is 5.91 Å². The van der Waals surface area contributed by atoms with Gasteiger partial charge in [-0.25, -0.2) is 9.59 Å². The minimum absolute atomic E-state index is 0.0152. The number of amides is 2. The van der Waals surface area contributed by atoms with Gasteiger partial charge in [0.15, 0.2) is 0 Å². The van der Waals surface area contributed by atoms with Crippen molar-refractivity contribution in [3.63, 3.8) is 0 Å². The van der Waals surface area contributed by atoms with Gasteiger partial charge in [-0.05, 0) is 53.9 Å². The number of carbonyl (C=O) groups is 3. The summed E-state index contributed by atoms with van der Waals surface area (Å²) in [5.74, 6) is -1.74. The molecule has 172 valence electrons. The molecular weight excluding hydrogens is 420 g/mol. The molecule has 1 unspecified atom stereocenters. The maximum Gasteiger partial charge on any atom is 0.407 e. The Morgan fingerprint density at radius 2 is 1.58 bits per heavy atom. The molecule has 2 aromatic rings. The van der Waals surface area contributed by atoms with E-state index in [2.05, 4.69) is 34.9 Å². The quantitative estimate of drug-likeness (QED) is 0.599. The first-order valence-electron chi connectivity index (χ1n) is 11.7. The van der Waals surface area contributed by atoms with Crippen molar-refractivity contribution in [1.82, 2.24) is 10.6 Å². The number of aliphatic carboxylic acids is 1. The van der Waals surface area contributed by atoms with Gasteiger partial charge >= 0.3 is 12.1 Å². The molecule has 3 aliphatic rings. The smallest absolute Gasteiger partial charge is 0.407 e. The number of ether oxygens (including phenoxy) is 1. The highest BCUT2D eigenvalue weighted by molar-refractivity contribution is 5.86. The van der Waals surface area contributed by atoms with Gasteiger partial charge in [0.1, 0.15) is 12.6 Å². The summed E-state index contributed by atoms with van der Waals surface area (Å²) in [5.41, 5.74) is 4.62. The van der Waals surface area contributed by atoms with E-state index < -0.39 is 24.0 Å². The molecule has 7 heteroatoms. The Kier molecular flexibility index (Phi) is 5.79. The average Bonchev–Trinajstić information content (AvgIpc) is 3.46. The maximum atomic E-state index is 12.8. The van der Waals surface area contributed by atoms with Crippen molar-refractivity contribution >= 4 is 18.0 Å². The highest BCUT2D eigenvalue weighted by Crippen LogP contribution is 2.44. The van der Waals surface area contributed by atoms with E-state index in [0.29, 0.717) is 12.8 Å². The number of carboxylic acid groups (broad SMARTS) is 1. The fourth-order valence-electron chi connectivity index (χ4n) is 5.31. The fraction of sp³-hybridized carbons (Fsp3) is 0.423. The highest BCUT2D eigenvalue weighted by Gasteiger charge is 2.41. The second-order valence-corrected chi connectivity index (χ2v) is 9.28. The van der Waals surface area contributed by atoms with Crippen LogP contribution < -0.4 is 10.6 Å². The Labute approximate surface area is 192 Å². The number of carbonyl (C=O) groups excluding carboxylic acids is 2. The van der Waals surface area contributed by atoms with E-state index in [1.54, 1.807) is 0 Å². The summed E-state index contributed by atoms with van der Waals surface area (Å²) in [6.07, 6.45) is 3.19. The lowest BCUT2D eigenvalue weighted by Crippen LogP contribution is -2.49. The van der Waals surface area contributed by atoms with Crippen LogP contribution in [0.2, 0.25) is 0 Å². The zero-order chi connectivity index (χ0) is 22.9. The molecule has 2 fully saturated rings. The van der Waals surface area contributed by atoms with Crippen LogP contribution >= 0.6 is 0 Å². The standard InChI is InChI=1S/C26H28N2O5/c29-24(28-23(25(30)31)15-12-13-15)20-10-5-11-22(20)27-26(32)33-14-21-18-8-3-1-6-16(18)17-7-2-4-9-19(17)21/h1-4,6-9,15,20-23H,5,10-14H2,(H,27,32)(H,28,29)(H,30,31)/t20-,22+,23?/m0/s1. The molecule has 2 amide bonds. The number of alkyl carbamates (subject to hydrolysis) is 1. The summed E-state index contributed by atoms with van der Waals surface area (Å²) in [4.78, 5) is 36.9. The van der Waals surface area contributed by atoms with E-state index in [1.165, 1.54) is 11.1 Å². The Hall–Kier alpha value is -3.35. The predicted molar refractivity (Wildman–Crippen MR) is 122 cm³/mol. The number of nitrogens with one attached hydrogen (secondary N) is 2. The molecule has 2 aromatic carbocycles. The van der Waals surface area contributed by atoms with Crippen molar-refractivity contribution in [2.45, 2.75) is 50.1 Å². The van der Waals surface area contributed by atoms with Crippen LogP contribution in [-0.2, 0) is 14.3 Å². The van der Waals surface area contributed by atoms with Gasteiger partial charge in [-0.15, -0.1) is 0 Å². The van der Waals surface area contributed by atoms with Gasteiger partial charge in [0, 0.05) is 12.0 Å². The van der Waals surface area contributed by atoms with Crippen LogP contribution in [0.3, 0.4) is 0 Å². The Morgan fingerprint density at radius 1 is 0.939 bits per heavy atom. The molecule has 0 aromatic heterocycles. The van der Waals surface area contributed by atoms with E-state index in [-0.39, 0.29) is 30.4 Å². The lowest BCUT2D eigenvalue weighted by molar-refractivity contribution is -0.143. The van der Waals surface area contributed by atoms with Crippen molar-refractivity contribution in [3.8, 4) is 11.1 Å². The Morgan fingerprint density at radius 3 is 2.18 bits per heavy atom. The first kappa shape index (κ1) is 21.5. The van der Waals surface area contributed by atoms with Crippen LogP contribution in [0.5, 0.6) is 0 Å². The van der Waals surface area contributed by atoms with E-state index in [9.17, 15) is 19.5 Å². The molecule has 5 rings (SSSR count). The summed E-state index contributed by atoms with van der Waals surface area (Å²) in [6, 6.07) is 15.1. The molecular formula is C26H28N2O5. The summed E-state index contributed by atoms with van der Waals surface area (Å²) >= 11 is 0. The predicted octanol–water partition coefficient (Wildman–Crippen LogP) is 3.67. The molecule has 0 bridgehead atoms. The molecule has 0 saturated heterocycles. The van der Waals surface area contributed by atoms with Crippen molar-refractivity contribution in [2.75, 3.05) is 6.61 Å². The number of rotatable bonds is 7. The Balaban J connectivity index is 1.20. The molecule has 3 atom stereocenters. The summed E-state index contributed by atoms with van der Waals surface area (Å²) < 4.78 is 5.62. The van der Waals surface area contributed by atoms with Crippen molar-refractivity contribution in [1.29, 1.82) is 0 Å². The molecule has 0 heterocycles. The molecule has 2 saturated carbocycles. The lowest BCUT2D eigenvalue weighted by atomic mass is 9.98. The van der Waals surface area contributed by atoms with Crippen molar-refractivity contribution in [3.05, 3.63) is 59.7 Å². The summed E-state index contributed by atoms with van der Waals surface area (Å²) in [5, 5.41) is 14.9. The molecule has 3 N–H and O–H groups in total. The van der Waals surface area contributed by atoms with Gasteiger partial charge in [0.05, 0.1) is 5.92 Å². The number of benzene rings is 2. The minimum atomic E-state index is -0.995. The second kappa shape index (κ2) is 8.89. The van der Waals surface area contributed by atoms with Crippen LogP contribution in [0.1, 0.15) is 49.1 Å². The lowest BCUT2D eigenvalue weighted by Gasteiger charge is -2.23. The molecule has 3 aliphatic carbocycles. The third kappa shape index (κ3) is 4.32. The first-order valence-corrected chi connectivity index (χ1v) is 11.7. The third-order valence-electron chi connectivity index (χ3n) is 7.16. The van der Waals surface area contributed by atoms with Gasteiger partial charge in [-0.2, -0.15) is 0 Å². The minimum Gasteiger partial charge on any atom is -0.480 e. The number of fused-ring (bicyclic) bond motifs is 3. The summed E-state index contributed by atoms with van der Waals surface area (Å²) in [6.45, 7) is 0.214. The average molecular weight is 449 g/mol. The van der Waals surface area contributed by atoms with E-state index in [0.717, 1.165) is 30.4 Å². The number of hydrogen-bond acceptors (Lipinski definition) is 4.